The molecule has 134 valence electrons. The zero-order valence-corrected chi connectivity index (χ0v) is 14.9. The molecule has 7 nitrogen and oxygen atoms in total. The van der Waals surface area contributed by atoms with Gasteiger partial charge in [-0.05, 0) is 31.9 Å². The van der Waals surface area contributed by atoms with E-state index in [-0.39, 0.29) is 12.3 Å². The summed E-state index contributed by atoms with van der Waals surface area (Å²) in [6, 6.07) is 8.62. The van der Waals surface area contributed by atoms with E-state index in [9.17, 15) is 14.7 Å². The Balaban J connectivity index is 1.94. The lowest BCUT2D eigenvalue weighted by atomic mass is 9.98. The first-order valence-corrected chi connectivity index (χ1v) is 8.27. The van der Waals surface area contributed by atoms with E-state index < -0.39 is 12.0 Å². The topological polar surface area (TPSA) is 96.6 Å². The molecule has 1 amide bonds. The van der Waals surface area contributed by atoms with E-state index in [2.05, 4.69) is 15.4 Å². The molecule has 7 heteroatoms. The predicted molar refractivity (Wildman–Crippen MR) is 96.1 cm³/mol. The van der Waals surface area contributed by atoms with Crippen molar-refractivity contribution in [3.8, 4) is 0 Å². The van der Waals surface area contributed by atoms with Gasteiger partial charge in [-0.15, -0.1) is 0 Å². The number of carbonyl (C=O) groups is 2. The Hall–Kier alpha value is -3.22. The minimum Gasteiger partial charge on any atom is -0.481 e. The van der Waals surface area contributed by atoms with Crippen molar-refractivity contribution in [1.29, 1.82) is 0 Å². The van der Waals surface area contributed by atoms with Crippen LogP contribution in [0.2, 0.25) is 0 Å². The highest BCUT2D eigenvalue weighted by Crippen LogP contribution is 2.22. The standard InChI is InChI=1S/C19H20N4O3/c1-11-6-4-5-7-14(11)16(9-18(24)25)21-19(26)15-10-20-17-8-12(2)22-23(17)13(15)3/h4-8,10,16H,9H2,1-3H3,(H,21,26)(H,24,25). The van der Waals surface area contributed by atoms with Crippen LogP contribution in [-0.2, 0) is 4.79 Å². The number of benzene rings is 1. The van der Waals surface area contributed by atoms with Crippen LogP contribution in [0.15, 0.2) is 36.5 Å². The van der Waals surface area contributed by atoms with Crippen LogP contribution in [0.1, 0.15) is 45.3 Å². The van der Waals surface area contributed by atoms with Crippen molar-refractivity contribution in [3.05, 3.63) is 64.6 Å². The molecule has 3 rings (SSSR count). The van der Waals surface area contributed by atoms with Crippen molar-refractivity contribution in [3.63, 3.8) is 0 Å². The number of aryl methyl sites for hydroxylation is 3. The Kier molecular flexibility index (Phi) is 4.71. The fraction of sp³-hybridized carbons (Fsp3) is 0.263. The summed E-state index contributed by atoms with van der Waals surface area (Å²) in [5.74, 6) is -1.36. The highest BCUT2D eigenvalue weighted by molar-refractivity contribution is 5.95. The van der Waals surface area contributed by atoms with Crippen LogP contribution < -0.4 is 5.32 Å². The summed E-state index contributed by atoms with van der Waals surface area (Å²) in [5.41, 5.74) is 4.19. The van der Waals surface area contributed by atoms with Crippen LogP contribution in [0.3, 0.4) is 0 Å². The molecule has 2 N–H and O–H groups in total. The van der Waals surface area contributed by atoms with E-state index in [0.717, 1.165) is 16.8 Å². The van der Waals surface area contributed by atoms with Gasteiger partial charge in [-0.3, -0.25) is 9.59 Å². The van der Waals surface area contributed by atoms with Gasteiger partial charge in [0.2, 0.25) is 0 Å². The number of fused-ring (bicyclic) bond motifs is 1. The molecule has 1 aromatic carbocycles. The highest BCUT2D eigenvalue weighted by Gasteiger charge is 2.22. The maximum atomic E-state index is 12.8. The van der Waals surface area contributed by atoms with Crippen LogP contribution in [0.5, 0.6) is 0 Å². The summed E-state index contributed by atoms with van der Waals surface area (Å²) < 4.78 is 1.62. The number of nitrogens with one attached hydrogen (secondary N) is 1. The smallest absolute Gasteiger partial charge is 0.305 e. The Labute approximate surface area is 150 Å². The van der Waals surface area contributed by atoms with E-state index in [1.54, 1.807) is 11.4 Å². The predicted octanol–water partition coefficient (Wildman–Crippen LogP) is 2.60. The number of carboxylic acid groups (broad SMARTS) is 1. The third-order valence-corrected chi connectivity index (χ3v) is 4.34. The molecule has 0 bridgehead atoms. The van der Waals surface area contributed by atoms with Gasteiger partial charge in [-0.2, -0.15) is 5.10 Å². The summed E-state index contributed by atoms with van der Waals surface area (Å²) in [7, 11) is 0. The summed E-state index contributed by atoms with van der Waals surface area (Å²) in [6.45, 7) is 5.53. The number of nitrogens with zero attached hydrogens (tertiary/aromatic N) is 3. The van der Waals surface area contributed by atoms with Gasteiger partial charge in [0.1, 0.15) is 0 Å². The zero-order valence-electron chi connectivity index (χ0n) is 14.9. The molecule has 0 aliphatic rings. The molecule has 0 saturated heterocycles. The number of hydrogen-bond acceptors (Lipinski definition) is 4. The Morgan fingerprint density at radius 3 is 2.65 bits per heavy atom. The summed E-state index contributed by atoms with van der Waals surface area (Å²) >= 11 is 0. The SMILES string of the molecule is Cc1cc2ncc(C(=O)NC(CC(=O)O)c3ccccc3C)c(C)n2n1. The molecule has 26 heavy (non-hydrogen) atoms. The third kappa shape index (κ3) is 3.42. The molecular weight excluding hydrogens is 332 g/mol. The Morgan fingerprint density at radius 1 is 1.23 bits per heavy atom. The first-order chi connectivity index (χ1) is 12.4. The fourth-order valence-electron chi connectivity index (χ4n) is 3.01. The summed E-state index contributed by atoms with van der Waals surface area (Å²) in [4.78, 5) is 28.4. The molecule has 3 aromatic rings. The molecular formula is C19H20N4O3. The van der Waals surface area contributed by atoms with Crippen molar-refractivity contribution in [1.82, 2.24) is 19.9 Å². The van der Waals surface area contributed by atoms with Gasteiger partial charge < -0.3 is 10.4 Å². The van der Waals surface area contributed by atoms with Gasteiger partial charge in [0, 0.05) is 12.3 Å². The molecule has 0 spiro atoms. The van der Waals surface area contributed by atoms with Crippen LogP contribution in [-0.4, -0.2) is 31.6 Å². The molecule has 0 fully saturated rings. The van der Waals surface area contributed by atoms with Crippen LogP contribution in [0.25, 0.3) is 5.65 Å². The van der Waals surface area contributed by atoms with E-state index in [4.69, 9.17) is 0 Å². The molecule has 2 heterocycles. The molecule has 0 aliphatic carbocycles. The highest BCUT2D eigenvalue weighted by atomic mass is 16.4. The molecule has 0 saturated carbocycles. The van der Waals surface area contributed by atoms with Crippen LogP contribution in [0, 0.1) is 20.8 Å². The average molecular weight is 352 g/mol. The van der Waals surface area contributed by atoms with Crippen molar-refractivity contribution in [2.24, 2.45) is 0 Å². The van der Waals surface area contributed by atoms with Gasteiger partial charge in [0.15, 0.2) is 5.65 Å². The minimum atomic E-state index is -0.980. The number of carbonyl (C=O) groups excluding carboxylic acids is 1. The first kappa shape index (κ1) is 17.6. The third-order valence-electron chi connectivity index (χ3n) is 4.34. The fourth-order valence-corrected chi connectivity index (χ4v) is 3.01. The molecule has 1 atom stereocenters. The quantitative estimate of drug-likeness (QED) is 0.736. The monoisotopic (exact) mass is 352 g/mol. The van der Waals surface area contributed by atoms with Crippen molar-refractivity contribution < 1.29 is 14.7 Å². The van der Waals surface area contributed by atoms with E-state index in [0.29, 0.717) is 16.9 Å². The largest absolute Gasteiger partial charge is 0.481 e. The minimum absolute atomic E-state index is 0.202. The number of hydrogen-bond donors (Lipinski definition) is 2. The molecule has 0 radical (unpaired) electrons. The number of aromatic nitrogens is 3. The second kappa shape index (κ2) is 6.95. The zero-order chi connectivity index (χ0) is 18.8. The number of rotatable bonds is 5. The molecule has 2 aromatic heterocycles. The Bertz CT molecular complexity index is 994. The normalized spacial score (nSPS) is 12.1. The van der Waals surface area contributed by atoms with Crippen molar-refractivity contribution in [2.75, 3.05) is 0 Å². The molecule has 0 aliphatic heterocycles. The van der Waals surface area contributed by atoms with Crippen LogP contribution in [0.4, 0.5) is 0 Å². The second-order valence-corrected chi connectivity index (χ2v) is 6.29. The van der Waals surface area contributed by atoms with Gasteiger partial charge in [-0.25, -0.2) is 9.50 Å². The lowest BCUT2D eigenvalue weighted by Crippen LogP contribution is -2.31. The maximum Gasteiger partial charge on any atom is 0.305 e. The lowest BCUT2D eigenvalue weighted by Gasteiger charge is -2.20. The first-order valence-electron chi connectivity index (χ1n) is 8.27. The van der Waals surface area contributed by atoms with Gasteiger partial charge >= 0.3 is 5.97 Å². The molecule has 1 unspecified atom stereocenters. The van der Waals surface area contributed by atoms with E-state index in [1.165, 1.54) is 6.20 Å². The number of carboxylic acids is 1. The van der Waals surface area contributed by atoms with E-state index >= 15 is 0 Å². The Morgan fingerprint density at radius 2 is 1.96 bits per heavy atom. The number of amides is 1. The summed E-state index contributed by atoms with van der Waals surface area (Å²) in [5, 5.41) is 16.4. The van der Waals surface area contributed by atoms with Crippen LogP contribution >= 0.6 is 0 Å². The number of aliphatic carboxylic acids is 1. The van der Waals surface area contributed by atoms with Gasteiger partial charge in [0.05, 0.1) is 29.4 Å². The average Bonchev–Trinajstić information content (AvgIpc) is 2.96. The lowest BCUT2D eigenvalue weighted by molar-refractivity contribution is -0.137. The van der Waals surface area contributed by atoms with Crippen molar-refractivity contribution >= 4 is 17.5 Å². The van der Waals surface area contributed by atoms with E-state index in [1.807, 2.05) is 44.2 Å². The summed E-state index contributed by atoms with van der Waals surface area (Å²) in [6.07, 6.45) is 1.29. The van der Waals surface area contributed by atoms with Gasteiger partial charge in [0.25, 0.3) is 5.91 Å². The van der Waals surface area contributed by atoms with Gasteiger partial charge in [-0.1, -0.05) is 24.3 Å². The van der Waals surface area contributed by atoms with Crippen molar-refractivity contribution in [2.45, 2.75) is 33.2 Å². The maximum absolute atomic E-state index is 12.8. The second-order valence-electron chi connectivity index (χ2n) is 6.29.